The number of rotatable bonds is 2. The molecule has 23 heavy (non-hydrogen) atoms. The number of aromatic nitrogens is 1. The largest absolute Gasteiger partial charge is 0.607 e. The topological polar surface area (TPSA) is 63.5 Å². The molecule has 1 heterocycles. The molecule has 3 rings (SSSR count). The van der Waals surface area contributed by atoms with Crippen LogP contribution in [-0.2, 0) is 4.79 Å². The Morgan fingerprint density at radius 3 is 2.65 bits per heavy atom. The second-order valence-electron chi connectivity index (χ2n) is 5.43. The molecule has 0 aliphatic heterocycles. The number of benzene rings is 2. The van der Waals surface area contributed by atoms with Gasteiger partial charge in [0.05, 0.1) is 11.1 Å². The Morgan fingerprint density at radius 2 is 1.91 bits per heavy atom. The Labute approximate surface area is 137 Å². The number of nitrogens with one attached hydrogen (secondary N) is 1. The van der Waals surface area contributed by atoms with E-state index in [9.17, 15) is 9.59 Å². The number of H-pyrrole nitrogens is 1. The summed E-state index contributed by atoms with van der Waals surface area (Å²) in [4.78, 5) is 24.8. The summed E-state index contributed by atoms with van der Waals surface area (Å²) in [6.45, 7) is 5.24. The number of esters is 1. The van der Waals surface area contributed by atoms with E-state index in [2.05, 4.69) is 4.98 Å². The van der Waals surface area contributed by atoms with Gasteiger partial charge in [-0.3, -0.25) is 4.79 Å². The average Bonchev–Trinajstić information content (AvgIpc) is 2.50. The molecular weight excluding hydrogens is 310 g/mol. The zero-order chi connectivity index (χ0) is 16.6. The van der Waals surface area contributed by atoms with Crippen LogP contribution in [0.2, 0.25) is 0 Å². The Balaban J connectivity index is 2.17. The Morgan fingerprint density at radius 1 is 1.17 bits per heavy atom. The van der Waals surface area contributed by atoms with Crippen molar-refractivity contribution in [3.05, 3.63) is 52.3 Å². The maximum absolute atomic E-state index is 11.2. The number of fused-ring (bicyclic) bond motifs is 1. The second kappa shape index (κ2) is 5.93. The van der Waals surface area contributed by atoms with Crippen molar-refractivity contribution in [3.63, 3.8) is 0 Å². The minimum Gasteiger partial charge on any atom is -0.426 e. The van der Waals surface area contributed by atoms with Gasteiger partial charge in [-0.25, -0.2) is 4.79 Å². The predicted octanol–water partition coefficient (Wildman–Crippen LogP) is 3.72. The molecule has 3 aromatic rings. The van der Waals surface area contributed by atoms with Gasteiger partial charge in [0.15, 0.2) is 5.39 Å². The fourth-order valence-corrected chi connectivity index (χ4v) is 3.47. The SMILES string of the molecule is CC(=O)Oc1cc(C)c(-c2[nH]c3ccccc3c(=[OH+])[s+]2)cc1C. The van der Waals surface area contributed by atoms with Crippen LogP contribution in [0.5, 0.6) is 5.75 Å². The van der Waals surface area contributed by atoms with Gasteiger partial charge in [0.1, 0.15) is 5.75 Å². The molecular formula is C18H17NO3S+2. The van der Waals surface area contributed by atoms with Gasteiger partial charge in [-0.05, 0) is 49.2 Å². The van der Waals surface area contributed by atoms with E-state index in [0.29, 0.717) is 5.75 Å². The van der Waals surface area contributed by atoms with Gasteiger partial charge < -0.3 is 9.72 Å². The highest BCUT2D eigenvalue weighted by atomic mass is 32.1. The van der Waals surface area contributed by atoms with Crippen molar-refractivity contribution in [1.82, 2.24) is 4.98 Å². The van der Waals surface area contributed by atoms with Crippen LogP contribution < -0.4 is 9.48 Å². The molecule has 0 amide bonds. The molecule has 0 spiro atoms. The third kappa shape index (κ3) is 3.00. The number of ether oxygens (including phenoxy) is 1. The summed E-state index contributed by atoms with van der Waals surface area (Å²) in [7, 11) is 0. The van der Waals surface area contributed by atoms with Gasteiger partial charge in [-0.2, -0.15) is 0 Å². The second-order valence-corrected chi connectivity index (χ2v) is 6.43. The molecule has 0 fully saturated rings. The van der Waals surface area contributed by atoms with Crippen molar-refractivity contribution in [2.75, 3.05) is 0 Å². The van der Waals surface area contributed by atoms with Crippen molar-refractivity contribution >= 4 is 28.2 Å². The number of carbonyl (C=O) groups is 1. The molecule has 0 bridgehead atoms. The van der Waals surface area contributed by atoms with E-state index in [1.54, 1.807) is 0 Å². The van der Waals surface area contributed by atoms with Gasteiger partial charge in [-0.1, -0.05) is 12.1 Å². The highest BCUT2D eigenvalue weighted by Crippen LogP contribution is 2.31. The molecule has 0 aliphatic rings. The van der Waals surface area contributed by atoms with Crippen LogP contribution in [0, 0.1) is 13.8 Å². The highest BCUT2D eigenvalue weighted by molar-refractivity contribution is 7.12. The molecule has 2 N–H and O–H groups in total. The predicted molar refractivity (Wildman–Crippen MR) is 91.9 cm³/mol. The van der Waals surface area contributed by atoms with Crippen molar-refractivity contribution in [2.45, 2.75) is 20.8 Å². The summed E-state index contributed by atoms with van der Waals surface area (Å²) in [5.74, 6) is 0.228. The Kier molecular flexibility index (Phi) is 3.96. The summed E-state index contributed by atoms with van der Waals surface area (Å²) in [5, 5.41) is 1.66. The van der Waals surface area contributed by atoms with Crippen LogP contribution in [0.15, 0.2) is 36.4 Å². The van der Waals surface area contributed by atoms with Gasteiger partial charge in [0.25, 0.3) is 0 Å². The van der Waals surface area contributed by atoms with Crippen molar-refractivity contribution in [3.8, 4) is 16.3 Å². The summed E-state index contributed by atoms with van der Waals surface area (Å²) >= 11 is 1.29. The van der Waals surface area contributed by atoms with E-state index in [0.717, 1.165) is 32.6 Å². The van der Waals surface area contributed by atoms with Gasteiger partial charge >= 0.3 is 27.1 Å². The standard InChI is InChI=1S/C18H15NO3S/c1-10-9-16(22-12(3)20)11(2)8-14(10)17-19-15-7-5-4-6-13(15)18(21)23-17/h4-9H,1-3H3/p+2. The summed E-state index contributed by atoms with van der Waals surface area (Å²) < 4.78 is 5.49. The lowest BCUT2D eigenvalue weighted by Gasteiger charge is -2.08. The van der Waals surface area contributed by atoms with Crippen LogP contribution in [0.1, 0.15) is 18.1 Å². The van der Waals surface area contributed by atoms with Crippen LogP contribution >= 0.6 is 11.3 Å². The number of hydrogen-bond acceptors (Lipinski definition) is 2. The first-order valence-corrected chi connectivity index (χ1v) is 8.04. The highest BCUT2D eigenvalue weighted by Gasteiger charge is 2.23. The molecule has 116 valence electrons. The fraction of sp³-hybridized carbons (Fsp3) is 0.167. The minimum absolute atomic E-state index is 0.274. The van der Waals surface area contributed by atoms with Crippen molar-refractivity contribution in [2.24, 2.45) is 0 Å². The van der Waals surface area contributed by atoms with Crippen LogP contribution in [-0.4, -0.2) is 15.7 Å². The maximum Gasteiger partial charge on any atom is 0.607 e. The van der Waals surface area contributed by atoms with Gasteiger partial charge in [0.2, 0.25) is 0 Å². The molecule has 0 atom stereocenters. The first-order valence-electron chi connectivity index (χ1n) is 7.23. The molecule has 5 heteroatoms. The van der Waals surface area contributed by atoms with E-state index >= 15 is 0 Å². The summed E-state index contributed by atoms with van der Waals surface area (Å²) in [5.41, 5.74) is 3.69. The summed E-state index contributed by atoms with van der Waals surface area (Å²) in [6.07, 6.45) is 0. The normalized spacial score (nSPS) is 10.7. The van der Waals surface area contributed by atoms with Crippen molar-refractivity contribution < 1.29 is 14.3 Å². The number of para-hydroxylation sites is 1. The quantitative estimate of drug-likeness (QED) is 0.443. The molecule has 0 saturated carbocycles. The maximum atomic E-state index is 11.2. The lowest BCUT2D eigenvalue weighted by molar-refractivity contribution is -0.131. The molecule has 2 aromatic carbocycles. The molecule has 0 radical (unpaired) electrons. The zero-order valence-electron chi connectivity index (χ0n) is 13.1. The van der Waals surface area contributed by atoms with Crippen molar-refractivity contribution in [1.29, 1.82) is 0 Å². The molecule has 0 aliphatic carbocycles. The van der Waals surface area contributed by atoms with Gasteiger partial charge in [-0.15, -0.1) is 0 Å². The molecule has 4 nitrogen and oxygen atoms in total. The smallest absolute Gasteiger partial charge is 0.426 e. The first kappa shape index (κ1) is 15.4. The summed E-state index contributed by atoms with van der Waals surface area (Å²) in [6, 6.07) is 11.4. The first-order chi connectivity index (χ1) is 11.0. The number of aromatic amines is 1. The number of hydrogen-bond donors (Lipinski definition) is 1. The molecule has 1 aromatic heterocycles. The minimum atomic E-state index is -0.335. The van der Waals surface area contributed by atoms with E-state index in [-0.39, 0.29) is 10.7 Å². The van der Waals surface area contributed by atoms with Crippen LogP contribution in [0.4, 0.5) is 0 Å². The zero-order valence-corrected chi connectivity index (χ0v) is 14.0. The number of carbonyl (C=O) groups excluding carboxylic acids is 1. The Hall–Kier alpha value is -2.53. The fourth-order valence-electron chi connectivity index (χ4n) is 2.50. The van der Waals surface area contributed by atoms with E-state index in [1.807, 2.05) is 50.2 Å². The average molecular weight is 327 g/mol. The van der Waals surface area contributed by atoms with E-state index in [1.165, 1.54) is 18.3 Å². The van der Waals surface area contributed by atoms with Crippen LogP contribution in [0.25, 0.3) is 21.5 Å². The Bertz CT molecular complexity index is 976. The number of aryl methyl sites for hydroxylation is 2. The third-order valence-corrected chi connectivity index (χ3v) is 4.56. The van der Waals surface area contributed by atoms with Crippen LogP contribution in [0.3, 0.4) is 0 Å². The molecule has 0 unspecified atom stereocenters. The lowest BCUT2D eigenvalue weighted by Crippen LogP contribution is -2.04. The lowest BCUT2D eigenvalue weighted by atomic mass is 10.0. The van der Waals surface area contributed by atoms with E-state index in [4.69, 9.17) is 4.74 Å². The monoisotopic (exact) mass is 327 g/mol. The third-order valence-electron chi connectivity index (χ3n) is 3.62. The van der Waals surface area contributed by atoms with Gasteiger partial charge in [0, 0.05) is 6.92 Å². The molecule has 0 saturated heterocycles. The van der Waals surface area contributed by atoms with E-state index < -0.39 is 0 Å².